The average molecular weight is 366 g/mol. The predicted molar refractivity (Wildman–Crippen MR) is 105 cm³/mol. The van der Waals surface area contributed by atoms with E-state index in [-0.39, 0.29) is 11.5 Å². The van der Waals surface area contributed by atoms with Gasteiger partial charge in [-0.15, -0.1) is 0 Å². The van der Waals surface area contributed by atoms with E-state index in [4.69, 9.17) is 0 Å². The Hall–Kier alpha value is -1.91. The topological polar surface area (TPSA) is 89.8 Å². The van der Waals surface area contributed by atoms with Gasteiger partial charge in [-0.3, -0.25) is 4.79 Å². The lowest BCUT2D eigenvalue weighted by atomic mass is 10.0. The summed E-state index contributed by atoms with van der Waals surface area (Å²) >= 11 is 0. The zero-order valence-electron chi connectivity index (χ0n) is 16.3. The first-order valence-electron chi connectivity index (χ1n) is 9.95. The minimum Gasteiger partial charge on any atom is -0.504 e. The van der Waals surface area contributed by atoms with Crippen molar-refractivity contribution in [2.24, 2.45) is 5.92 Å². The van der Waals surface area contributed by atoms with Gasteiger partial charge in [0.05, 0.1) is 0 Å². The van der Waals surface area contributed by atoms with E-state index >= 15 is 0 Å². The molecule has 5 heteroatoms. The second-order valence-electron chi connectivity index (χ2n) is 7.48. The zero-order chi connectivity index (χ0) is 19.4. The molecule has 0 aliphatic carbocycles. The lowest BCUT2D eigenvalue weighted by Gasteiger charge is -2.08. The number of carbonyl (C=O) groups is 1. The van der Waals surface area contributed by atoms with Gasteiger partial charge in [0.15, 0.2) is 17.2 Å². The number of nitrogens with one attached hydrogen (secondary N) is 1. The quantitative estimate of drug-likeness (QED) is 0.289. The Morgan fingerprint density at radius 3 is 1.81 bits per heavy atom. The number of benzene rings is 1. The van der Waals surface area contributed by atoms with E-state index in [2.05, 4.69) is 19.2 Å². The van der Waals surface area contributed by atoms with Crippen molar-refractivity contribution in [3.8, 4) is 17.2 Å². The van der Waals surface area contributed by atoms with Crippen LogP contribution in [0.5, 0.6) is 17.2 Å². The number of phenols is 3. The molecule has 0 unspecified atom stereocenters. The average Bonchev–Trinajstić information content (AvgIpc) is 2.59. The minimum atomic E-state index is -0.610. The molecule has 4 N–H and O–H groups in total. The van der Waals surface area contributed by atoms with Crippen LogP contribution in [0, 0.1) is 5.92 Å². The number of aromatic hydroxyl groups is 3. The van der Waals surface area contributed by atoms with Crippen LogP contribution in [0.1, 0.15) is 88.4 Å². The monoisotopic (exact) mass is 365 g/mol. The van der Waals surface area contributed by atoms with E-state index in [1.807, 2.05) is 0 Å². The van der Waals surface area contributed by atoms with E-state index in [0.717, 1.165) is 30.9 Å². The summed E-state index contributed by atoms with van der Waals surface area (Å²) in [6, 6.07) is 2.29. The molecule has 0 saturated heterocycles. The van der Waals surface area contributed by atoms with Crippen LogP contribution in [0.25, 0.3) is 0 Å². The number of carbonyl (C=O) groups excluding carboxylic acids is 1. The molecule has 0 saturated carbocycles. The molecule has 148 valence electrons. The Morgan fingerprint density at radius 2 is 1.31 bits per heavy atom. The zero-order valence-corrected chi connectivity index (χ0v) is 16.3. The van der Waals surface area contributed by atoms with Crippen molar-refractivity contribution in [1.29, 1.82) is 0 Å². The van der Waals surface area contributed by atoms with Gasteiger partial charge in [0.25, 0.3) is 5.91 Å². The first kappa shape index (κ1) is 22.1. The van der Waals surface area contributed by atoms with E-state index in [0.29, 0.717) is 6.54 Å². The third kappa shape index (κ3) is 8.97. The number of hydrogen-bond acceptors (Lipinski definition) is 4. The van der Waals surface area contributed by atoms with Crippen molar-refractivity contribution >= 4 is 5.91 Å². The second-order valence-corrected chi connectivity index (χ2v) is 7.48. The molecule has 0 atom stereocenters. The van der Waals surface area contributed by atoms with Crippen LogP contribution in [0.4, 0.5) is 0 Å². The van der Waals surface area contributed by atoms with Crippen LogP contribution >= 0.6 is 0 Å². The smallest absolute Gasteiger partial charge is 0.251 e. The minimum absolute atomic E-state index is 0.135. The normalized spacial score (nSPS) is 11.0. The number of hydrogen-bond donors (Lipinski definition) is 4. The van der Waals surface area contributed by atoms with Gasteiger partial charge in [-0.2, -0.15) is 0 Å². The van der Waals surface area contributed by atoms with Gasteiger partial charge in [0, 0.05) is 12.1 Å². The Balaban J connectivity index is 2.01. The lowest BCUT2D eigenvalue weighted by Crippen LogP contribution is -2.24. The fourth-order valence-corrected chi connectivity index (χ4v) is 2.95. The highest BCUT2D eigenvalue weighted by atomic mass is 16.3. The van der Waals surface area contributed by atoms with Crippen LogP contribution in [0.2, 0.25) is 0 Å². The molecule has 0 aliphatic heterocycles. The maximum Gasteiger partial charge on any atom is 0.251 e. The summed E-state index contributed by atoms with van der Waals surface area (Å²) in [7, 11) is 0. The van der Waals surface area contributed by atoms with Crippen molar-refractivity contribution in [3.05, 3.63) is 17.7 Å². The van der Waals surface area contributed by atoms with Crippen molar-refractivity contribution in [3.63, 3.8) is 0 Å². The molecular formula is C21H35NO4. The summed E-state index contributed by atoms with van der Waals surface area (Å²) in [4.78, 5) is 11.9. The van der Waals surface area contributed by atoms with Crippen molar-refractivity contribution in [1.82, 2.24) is 5.32 Å². The van der Waals surface area contributed by atoms with E-state index in [9.17, 15) is 20.1 Å². The van der Waals surface area contributed by atoms with Crippen molar-refractivity contribution < 1.29 is 20.1 Å². The fraction of sp³-hybridized carbons (Fsp3) is 0.667. The van der Waals surface area contributed by atoms with Crippen LogP contribution < -0.4 is 5.32 Å². The van der Waals surface area contributed by atoms with E-state index in [1.165, 1.54) is 51.4 Å². The third-order valence-corrected chi connectivity index (χ3v) is 4.58. The fourth-order valence-electron chi connectivity index (χ4n) is 2.95. The highest BCUT2D eigenvalue weighted by molar-refractivity contribution is 5.95. The Morgan fingerprint density at radius 1 is 0.846 bits per heavy atom. The first-order valence-corrected chi connectivity index (χ1v) is 9.95. The molecule has 26 heavy (non-hydrogen) atoms. The summed E-state index contributed by atoms with van der Waals surface area (Å²) < 4.78 is 0. The van der Waals surface area contributed by atoms with Gasteiger partial charge in [-0.25, -0.2) is 0 Å². The first-order chi connectivity index (χ1) is 12.4. The van der Waals surface area contributed by atoms with E-state index in [1.54, 1.807) is 0 Å². The largest absolute Gasteiger partial charge is 0.504 e. The van der Waals surface area contributed by atoms with Crippen LogP contribution in [-0.4, -0.2) is 27.8 Å². The summed E-state index contributed by atoms with van der Waals surface area (Å²) in [5.41, 5.74) is 0.135. The molecule has 1 aromatic rings. The highest BCUT2D eigenvalue weighted by Gasteiger charge is 2.12. The van der Waals surface area contributed by atoms with Gasteiger partial charge < -0.3 is 20.6 Å². The lowest BCUT2D eigenvalue weighted by molar-refractivity contribution is 0.0952. The number of unbranched alkanes of at least 4 members (excludes halogenated alkanes) is 8. The van der Waals surface area contributed by atoms with Crippen LogP contribution in [0.15, 0.2) is 12.1 Å². The summed E-state index contributed by atoms with van der Waals surface area (Å²) in [6.07, 6.45) is 12.4. The van der Waals surface area contributed by atoms with Gasteiger partial charge >= 0.3 is 0 Å². The Labute approximate surface area is 157 Å². The van der Waals surface area contributed by atoms with E-state index < -0.39 is 17.2 Å². The van der Waals surface area contributed by atoms with Gasteiger partial charge in [-0.05, 0) is 24.5 Å². The van der Waals surface area contributed by atoms with Gasteiger partial charge in [-0.1, -0.05) is 71.6 Å². The SMILES string of the molecule is CC(C)CCCCCCCCCCCNC(=O)c1cc(O)c(O)c(O)c1. The molecule has 0 aliphatic rings. The standard InChI is InChI=1S/C21H35NO4/c1-16(2)12-10-8-6-4-3-5-7-9-11-13-22-21(26)17-14-18(23)20(25)19(24)15-17/h14-16,23-25H,3-13H2,1-2H3,(H,22,26). The number of amides is 1. The molecule has 0 spiro atoms. The molecule has 5 nitrogen and oxygen atoms in total. The molecule has 0 bridgehead atoms. The molecular weight excluding hydrogens is 330 g/mol. The second kappa shape index (κ2) is 12.4. The van der Waals surface area contributed by atoms with Crippen molar-refractivity contribution in [2.45, 2.75) is 78.1 Å². The molecule has 0 fully saturated rings. The number of phenolic OH excluding ortho intramolecular Hbond substituents is 3. The Bertz CT molecular complexity index is 520. The van der Waals surface area contributed by atoms with Gasteiger partial charge in [0.1, 0.15) is 0 Å². The predicted octanol–water partition coefficient (Wildman–Crippen LogP) is 5.09. The summed E-state index contributed by atoms with van der Waals surface area (Å²) in [5, 5.41) is 30.9. The molecule has 0 radical (unpaired) electrons. The van der Waals surface area contributed by atoms with Crippen LogP contribution in [0.3, 0.4) is 0 Å². The summed E-state index contributed by atoms with van der Waals surface area (Å²) in [5.74, 6) is -1.15. The number of rotatable bonds is 13. The maximum atomic E-state index is 11.9. The maximum absolute atomic E-state index is 11.9. The van der Waals surface area contributed by atoms with Gasteiger partial charge in [0.2, 0.25) is 0 Å². The molecule has 1 aromatic carbocycles. The van der Waals surface area contributed by atoms with Crippen molar-refractivity contribution in [2.75, 3.05) is 6.54 Å². The Kier molecular flexibility index (Phi) is 10.6. The van der Waals surface area contributed by atoms with Crippen LogP contribution in [-0.2, 0) is 0 Å². The highest BCUT2D eigenvalue weighted by Crippen LogP contribution is 2.35. The molecule has 0 aromatic heterocycles. The molecule has 1 rings (SSSR count). The summed E-state index contributed by atoms with van der Waals surface area (Å²) in [6.45, 7) is 5.12. The third-order valence-electron chi connectivity index (χ3n) is 4.58. The molecule has 1 amide bonds. The molecule has 0 heterocycles.